The maximum atomic E-state index is 11.6. The zero-order chi connectivity index (χ0) is 23.5. The number of amides is 1. The van der Waals surface area contributed by atoms with Crippen molar-refractivity contribution in [3.8, 4) is 5.69 Å². The molecule has 2 aromatic carbocycles. The van der Waals surface area contributed by atoms with Crippen molar-refractivity contribution in [3.05, 3.63) is 66.4 Å². The average Bonchev–Trinajstić information content (AvgIpc) is 3.50. The Balaban J connectivity index is 1.34. The molecule has 0 bridgehead atoms. The fourth-order valence-corrected chi connectivity index (χ4v) is 4.76. The Bertz CT molecular complexity index is 1270. The Kier molecular flexibility index (Phi) is 6.31. The second-order valence-corrected chi connectivity index (χ2v) is 9.08. The molecule has 0 atom stereocenters. The lowest BCUT2D eigenvalue weighted by atomic mass is 10.0. The highest BCUT2D eigenvalue weighted by molar-refractivity contribution is 5.89. The molecule has 1 fully saturated rings. The highest BCUT2D eigenvalue weighted by atomic mass is 16.1. The highest BCUT2D eigenvalue weighted by Gasteiger charge is 2.18. The van der Waals surface area contributed by atoms with Gasteiger partial charge >= 0.3 is 0 Å². The number of aromatic amines is 1. The summed E-state index contributed by atoms with van der Waals surface area (Å²) < 4.78 is 1.92. The lowest BCUT2D eigenvalue weighted by molar-refractivity contribution is -0.114. The van der Waals surface area contributed by atoms with E-state index < -0.39 is 0 Å². The van der Waals surface area contributed by atoms with Gasteiger partial charge in [-0.15, -0.1) is 10.2 Å². The molecule has 2 aromatic heterocycles. The second kappa shape index (κ2) is 9.69. The first kappa shape index (κ1) is 22.2. The Labute approximate surface area is 199 Å². The number of aromatic nitrogens is 4. The summed E-state index contributed by atoms with van der Waals surface area (Å²) in [5.41, 5.74) is 6.95. The summed E-state index contributed by atoms with van der Waals surface area (Å²) in [5, 5.41) is 12.0. The van der Waals surface area contributed by atoms with E-state index in [1.807, 2.05) is 10.6 Å². The number of carbonyl (C=O) groups is 1. The van der Waals surface area contributed by atoms with Crippen LogP contribution in [-0.2, 0) is 17.6 Å². The maximum Gasteiger partial charge on any atom is 0.221 e. The van der Waals surface area contributed by atoms with Gasteiger partial charge in [-0.3, -0.25) is 9.36 Å². The number of carbonyl (C=O) groups excluding carboxylic acids is 1. The van der Waals surface area contributed by atoms with Crippen LogP contribution in [0.5, 0.6) is 0 Å². The number of H-pyrrole nitrogens is 1. The first-order valence-electron chi connectivity index (χ1n) is 11.9. The number of piperazine rings is 1. The summed E-state index contributed by atoms with van der Waals surface area (Å²) >= 11 is 0. The van der Waals surface area contributed by atoms with Gasteiger partial charge in [0.25, 0.3) is 0 Å². The van der Waals surface area contributed by atoms with Crippen molar-refractivity contribution in [2.45, 2.75) is 26.2 Å². The van der Waals surface area contributed by atoms with Crippen molar-refractivity contribution in [1.29, 1.82) is 0 Å². The lowest BCUT2D eigenvalue weighted by Gasteiger charge is -2.35. The van der Waals surface area contributed by atoms with Crippen molar-refractivity contribution < 1.29 is 4.79 Å². The SMILES string of the molecule is CC(=O)Nc1ccc(N2CCN(C)CC2)c(CCCc2c[nH]c3ccc(-n4cnnc4)cc23)c1. The average molecular weight is 458 g/mol. The number of hydrogen-bond acceptors (Lipinski definition) is 5. The van der Waals surface area contributed by atoms with Gasteiger partial charge in [0.15, 0.2) is 0 Å². The van der Waals surface area contributed by atoms with Gasteiger partial charge in [0.05, 0.1) is 0 Å². The number of aryl methyl sites for hydroxylation is 2. The number of fused-ring (bicyclic) bond motifs is 1. The molecule has 1 amide bonds. The van der Waals surface area contributed by atoms with E-state index in [0.717, 1.165) is 62.3 Å². The first-order chi connectivity index (χ1) is 16.6. The smallest absolute Gasteiger partial charge is 0.221 e. The van der Waals surface area contributed by atoms with E-state index in [0.29, 0.717) is 0 Å². The van der Waals surface area contributed by atoms with Gasteiger partial charge in [0, 0.05) is 67.3 Å². The Morgan fingerprint density at radius 1 is 1.00 bits per heavy atom. The molecule has 8 heteroatoms. The lowest BCUT2D eigenvalue weighted by Crippen LogP contribution is -2.44. The standard InChI is InChI=1S/C26H31N7O/c1-19(34)30-22-6-9-26(32-12-10-31(2)11-13-32)20(14-22)4-3-5-21-16-27-25-8-7-23(15-24(21)25)33-17-28-29-18-33/h6-9,14-18,27H,3-5,10-13H2,1-2H3,(H,30,34). The van der Waals surface area contributed by atoms with Crippen LogP contribution in [0, 0.1) is 0 Å². The molecule has 34 heavy (non-hydrogen) atoms. The van der Waals surface area contributed by atoms with Crippen LogP contribution in [0.1, 0.15) is 24.5 Å². The molecule has 1 saturated heterocycles. The van der Waals surface area contributed by atoms with Gasteiger partial charge in [-0.2, -0.15) is 0 Å². The summed E-state index contributed by atoms with van der Waals surface area (Å²) in [7, 11) is 2.17. The van der Waals surface area contributed by atoms with E-state index in [1.165, 1.54) is 22.2 Å². The molecule has 0 aliphatic carbocycles. The molecule has 176 valence electrons. The van der Waals surface area contributed by atoms with Crippen LogP contribution < -0.4 is 10.2 Å². The summed E-state index contributed by atoms with van der Waals surface area (Å²) in [4.78, 5) is 19.9. The molecular formula is C26H31N7O. The predicted octanol–water partition coefficient (Wildman–Crippen LogP) is 3.63. The van der Waals surface area contributed by atoms with E-state index in [1.54, 1.807) is 19.6 Å². The van der Waals surface area contributed by atoms with Gasteiger partial charge < -0.3 is 20.1 Å². The van der Waals surface area contributed by atoms with Crippen molar-refractivity contribution in [2.75, 3.05) is 43.4 Å². The summed E-state index contributed by atoms with van der Waals surface area (Å²) in [5.74, 6) is -0.0408. The van der Waals surface area contributed by atoms with Crippen molar-refractivity contribution in [3.63, 3.8) is 0 Å². The van der Waals surface area contributed by atoms with Crippen molar-refractivity contribution >= 4 is 28.2 Å². The number of likely N-dealkylation sites (N-methyl/N-ethyl adjacent to an activating group) is 1. The van der Waals surface area contributed by atoms with Crippen LogP contribution in [0.15, 0.2) is 55.2 Å². The number of rotatable bonds is 7. The minimum atomic E-state index is -0.0408. The Morgan fingerprint density at radius 3 is 2.53 bits per heavy atom. The van der Waals surface area contributed by atoms with E-state index in [9.17, 15) is 4.79 Å². The molecule has 4 aromatic rings. The monoisotopic (exact) mass is 457 g/mol. The van der Waals surface area contributed by atoms with Crippen LogP contribution in [0.4, 0.5) is 11.4 Å². The minimum absolute atomic E-state index is 0.0408. The zero-order valence-corrected chi connectivity index (χ0v) is 19.8. The topological polar surface area (TPSA) is 82.1 Å². The second-order valence-electron chi connectivity index (χ2n) is 9.08. The van der Waals surface area contributed by atoms with Crippen LogP contribution in [0.3, 0.4) is 0 Å². The summed E-state index contributed by atoms with van der Waals surface area (Å²) in [6.45, 7) is 5.74. The highest BCUT2D eigenvalue weighted by Crippen LogP contribution is 2.28. The van der Waals surface area contributed by atoms with E-state index >= 15 is 0 Å². The summed E-state index contributed by atoms with van der Waals surface area (Å²) in [6, 6.07) is 12.7. The van der Waals surface area contributed by atoms with Gasteiger partial charge in [0.1, 0.15) is 12.7 Å². The van der Waals surface area contributed by atoms with Crippen LogP contribution >= 0.6 is 0 Å². The maximum absolute atomic E-state index is 11.6. The molecule has 0 spiro atoms. The van der Waals surface area contributed by atoms with Crippen LogP contribution in [0.25, 0.3) is 16.6 Å². The van der Waals surface area contributed by atoms with E-state index in [4.69, 9.17) is 0 Å². The molecule has 5 rings (SSSR count). The van der Waals surface area contributed by atoms with Gasteiger partial charge in [-0.25, -0.2) is 0 Å². The summed E-state index contributed by atoms with van der Waals surface area (Å²) in [6.07, 6.45) is 8.50. The molecular weight excluding hydrogens is 426 g/mol. The zero-order valence-electron chi connectivity index (χ0n) is 19.8. The van der Waals surface area contributed by atoms with E-state index in [2.05, 4.69) is 73.9 Å². The number of hydrogen-bond donors (Lipinski definition) is 2. The fraction of sp³-hybridized carbons (Fsp3) is 0.346. The van der Waals surface area contributed by atoms with Gasteiger partial charge in [-0.1, -0.05) is 0 Å². The first-order valence-corrected chi connectivity index (χ1v) is 11.9. The molecule has 3 heterocycles. The number of nitrogens with zero attached hydrogens (tertiary/aromatic N) is 5. The van der Waals surface area contributed by atoms with Crippen LogP contribution in [0.2, 0.25) is 0 Å². The van der Waals surface area contributed by atoms with Gasteiger partial charge in [-0.05, 0) is 73.8 Å². The molecule has 2 N–H and O–H groups in total. The molecule has 1 aliphatic heterocycles. The van der Waals surface area contributed by atoms with Crippen molar-refractivity contribution in [1.82, 2.24) is 24.6 Å². The number of anilines is 2. The minimum Gasteiger partial charge on any atom is -0.369 e. The molecule has 0 unspecified atom stereocenters. The number of benzene rings is 2. The normalized spacial score (nSPS) is 14.6. The number of nitrogens with one attached hydrogen (secondary N) is 2. The third kappa shape index (κ3) is 4.82. The van der Waals surface area contributed by atoms with E-state index in [-0.39, 0.29) is 5.91 Å². The molecule has 8 nitrogen and oxygen atoms in total. The molecule has 0 saturated carbocycles. The Morgan fingerprint density at radius 2 is 1.76 bits per heavy atom. The third-order valence-corrected chi connectivity index (χ3v) is 6.60. The predicted molar refractivity (Wildman–Crippen MR) is 136 cm³/mol. The van der Waals surface area contributed by atoms with Crippen molar-refractivity contribution in [2.24, 2.45) is 0 Å². The van der Waals surface area contributed by atoms with Gasteiger partial charge in [0.2, 0.25) is 5.91 Å². The largest absolute Gasteiger partial charge is 0.369 e. The fourth-order valence-electron chi connectivity index (χ4n) is 4.76. The molecule has 1 aliphatic rings. The molecule has 0 radical (unpaired) electrons. The van der Waals surface area contributed by atoms with Crippen LogP contribution in [-0.4, -0.2) is 63.8 Å². The quantitative estimate of drug-likeness (QED) is 0.443. The Hall–Kier alpha value is -3.65. The third-order valence-electron chi connectivity index (χ3n) is 6.60.